The average molecular weight is 303 g/mol. The van der Waals surface area contributed by atoms with Crippen LogP contribution in [0, 0.1) is 3.57 Å². The highest BCUT2D eigenvalue weighted by Gasteiger charge is 2.20. The molecule has 1 unspecified atom stereocenters. The summed E-state index contributed by atoms with van der Waals surface area (Å²) in [6.07, 6.45) is 3.43. The van der Waals surface area contributed by atoms with Crippen LogP contribution < -0.4 is 10.5 Å². The van der Waals surface area contributed by atoms with Gasteiger partial charge in [0.1, 0.15) is 5.75 Å². The largest absolute Gasteiger partial charge is 0.497 e. The number of fused-ring (bicyclic) bond motifs is 1. The average Bonchev–Trinajstić information content (AvgIpc) is 2.17. The monoisotopic (exact) mass is 303 g/mol. The van der Waals surface area contributed by atoms with Gasteiger partial charge in [-0.15, -0.1) is 0 Å². The van der Waals surface area contributed by atoms with E-state index in [9.17, 15) is 0 Å². The third-order valence-electron chi connectivity index (χ3n) is 2.76. The van der Waals surface area contributed by atoms with Gasteiger partial charge in [0.05, 0.1) is 7.11 Å². The van der Waals surface area contributed by atoms with E-state index in [4.69, 9.17) is 10.5 Å². The fourth-order valence-electron chi connectivity index (χ4n) is 2.04. The Kier molecular flexibility index (Phi) is 2.97. The van der Waals surface area contributed by atoms with Crippen molar-refractivity contribution < 1.29 is 4.74 Å². The zero-order valence-electron chi connectivity index (χ0n) is 8.22. The van der Waals surface area contributed by atoms with E-state index in [1.165, 1.54) is 21.1 Å². The fourth-order valence-corrected chi connectivity index (χ4v) is 3.10. The van der Waals surface area contributed by atoms with Gasteiger partial charge in [-0.05, 0) is 65.1 Å². The minimum absolute atomic E-state index is 0.219. The highest BCUT2D eigenvalue weighted by atomic mass is 127. The number of nitrogens with two attached hydrogens (primary N) is 1. The van der Waals surface area contributed by atoms with Crippen LogP contribution in [0.5, 0.6) is 5.75 Å². The second-order valence-corrected chi connectivity index (χ2v) is 4.84. The molecular formula is C11H14INO. The molecule has 0 saturated heterocycles. The first-order valence-electron chi connectivity index (χ1n) is 4.84. The molecule has 1 aromatic rings. The SMILES string of the molecule is COc1cc(I)c2c(c1)CCCC2N. The maximum Gasteiger partial charge on any atom is 0.120 e. The van der Waals surface area contributed by atoms with Gasteiger partial charge in [0.15, 0.2) is 0 Å². The molecule has 0 bridgehead atoms. The summed E-state index contributed by atoms with van der Waals surface area (Å²) in [4.78, 5) is 0. The molecule has 1 aromatic carbocycles. The van der Waals surface area contributed by atoms with Crippen molar-refractivity contribution in [1.82, 2.24) is 0 Å². The number of halogens is 1. The molecule has 76 valence electrons. The molecule has 0 amide bonds. The van der Waals surface area contributed by atoms with E-state index in [0.717, 1.165) is 18.6 Å². The van der Waals surface area contributed by atoms with E-state index in [2.05, 4.69) is 34.7 Å². The van der Waals surface area contributed by atoms with Crippen molar-refractivity contribution in [3.63, 3.8) is 0 Å². The zero-order valence-corrected chi connectivity index (χ0v) is 10.4. The van der Waals surface area contributed by atoms with Crippen LogP contribution in [0.1, 0.15) is 30.0 Å². The molecule has 2 N–H and O–H groups in total. The Labute approximate surface area is 98.0 Å². The molecule has 0 aliphatic heterocycles. The van der Waals surface area contributed by atoms with Crippen LogP contribution in [-0.2, 0) is 6.42 Å². The molecule has 14 heavy (non-hydrogen) atoms. The van der Waals surface area contributed by atoms with Crippen LogP contribution in [0.15, 0.2) is 12.1 Å². The van der Waals surface area contributed by atoms with Crippen LogP contribution in [0.2, 0.25) is 0 Å². The number of aryl methyl sites for hydroxylation is 1. The van der Waals surface area contributed by atoms with Gasteiger partial charge in [-0.2, -0.15) is 0 Å². The maximum atomic E-state index is 6.09. The van der Waals surface area contributed by atoms with E-state index in [1.54, 1.807) is 7.11 Å². The van der Waals surface area contributed by atoms with Crippen LogP contribution in [0.3, 0.4) is 0 Å². The van der Waals surface area contributed by atoms with Crippen LogP contribution in [0.25, 0.3) is 0 Å². The van der Waals surface area contributed by atoms with Crippen molar-refractivity contribution in [2.24, 2.45) is 5.73 Å². The topological polar surface area (TPSA) is 35.2 Å². The van der Waals surface area contributed by atoms with Crippen molar-refractivity contribution in [2.75, 3.05) is 7.11 Å². The Bertz CT molecular complexity index is 351. The number of rotatable bonds is 1. The summed E-state index contributed by atoms with van der Waals surface area (Å²) >= 11 is 2.35. The lowest BCUT2D eigenvalue weighted by molar-refractivity contribution is 0.412. The minimum atomic E-state index is 0.219. The summed E-state index contributed by atoms with van der Waals surface area (Å²) in [6.45, 7) is 0. The molecule has 0 fully saturated rings. The molecule has 1 aliphatic carbocycles. The Morgan fingerprint density at radius 1 is 1.50 bits per heavy atom. The van der Waals surface area contributed by atoms with Gasteiger partial charge in [0.2, 0.25) is 0 Å². The molecule has 0 saturated carbocycles. The van der Waals surface area contributed by atoms with Crippen LogP contribution >= 0.6 is 22.6 Å². The van der Waals surface area contributed by atoms with Crippen molar-refractivity contribution in [2.45, 2.75) is 25.3 Å². The second-order valence-electron chi connectivity index (χ2n) is 3.68. The highest BCUT2D eigenvalue weighted by molar-refractivity contribution is 14.1. The summed E-state index contributed by atoms with van der Waals surface area (Å²) in [6, 6.07) is 4.40. The quantitative estimate of drug-likeness (QED) is 0.810. The maximum absolute atomic E-state index is 6.09. The summed E-state index contributed by atoms with van der Waals surface area (Å²) in [5.74, 6) is 0.947. The first-order valence-corrected chi connectivity index (χ1v) is 5.92. The lowest BCUT2D eigenvalue weighted by atomic mass is 9.88. The van der Waals surface area contributed by atoms with E-state index in [0.29, 0.717) is 0 Å². The molecule has 0 aromatic heterocycles. The standard InChI is InChI=1S/C11H14INO/c1-14-8-5-7-3-2-4-10(13)11(7)9(12)6-8/h5-6,10H,2-4,13H2,1H3. The van der Waals surface area contributed by atoms with Crippen LogP contribution in [0.4, 0.5) is 0 Å². The van der Waals surface area contributed by atoms with Gasteiger partial charge in [-0.3, -0.25) is 0 Å². The lowest BCUT2D eigenvalue weighted by Gasteiger charge is -2.24. The molecule has 0 heterocycles. The summed E-state index contributed by atoms with van der Waals surface area (Å²) in [7, 11) is 1.71. The van der Waals surface area contributed by atoms with Gasteiger partial charge in [-0.1, -0.05) is 0 Å². The molecule has 1 aliphatic rings. The number of ether oxygens (including phenoxy) is 1. The van der Waals surface area contributed by atoms with Gasteiger partial charge >= 0.3 is 0 Å². The first kappa shape index (κ1) is 10.2. The Morgan fingerprint density at radius 2 is 2.29 bits per heavy atom. The van der Waals surface area contributed by atoms with Crippen molar-refractivity contribution >= 4 is 22.6 Å². The number of hydrogen-bond donors (Lipinski definition) is 1. The molecule has 3 heteroatoms. The number of benzene rings is 1. The highest BCUT2D eigenvalue weighted by Crippen LogP contribution is 2.34. The lowest BCUT2D eigenvalue weighted by Crippen LogP contribution is -2.18. The zero-order chi connectivity index (χ0) is 10.1. The summed E-state index contributed by atoms with van der Waals surface area (Å²) in [5, 5.41) is 0. The summed E-state index contributed by atoms with van der Waals surface area (Å²) < 4.78 is 6.49. The van der Waals surface area contributed by atoms with Crippen molar-refractivity contribution in [3.8, 4) is 5.75 Å². The molecule has 2 rings (SSSR count). The number of hydrogen-bond acceptors (Lipinski definition) is 2. The number of methoxy groups -OCH3 is 1. The van der Waals surface area contributed by atoms with Gasteiger partial charge in [0.25, 0.3) is 0 Å². The molecular weight excluding hydrogens is 289 g/mol. The van der Waals surface area contributed by atoms with E-state index in [-0.39, 0.29) is 6.04 Å². The normalized spacial score (nSPS) is 20.4. The third kappa shape index (κ3) is 1.75. The predicted molar refractivity (Wildman–Crippen MR) is 65.6 cm³/mol. The van der Waals surface area contributed by atoms with Gasteiger partial charge in [0, 0.05) is 9.61 Å². The summed E-state index contributed by atoms with van der Waals surface area (Å²) in [5.41, 5.74) is 8.79. The van der Waals surface area contributed by atoms with E-state index < -0.39 is 0 Å². The third-order valence-corrected chi connectivity index (χ3v) is 3.65. The van der Waals surface area contributed by atoms with Gasteiger partial charge < -0.3 is 10.5 Å². The Hall–Kier alpha value is -0.290. The molecule has 0 spiro atoms. The molecule has 0 radical (unpaired) electrons. The smallest absolute Gasteiger partial charge is 0.120 e. The van der Waals surface area contributed by atoms with Crippen molar-refractivity contribution in [3.05, 3.63) is 26.8 Å². The predicted octanol–water partition coefficient (Wildman–Crippen LogP) is 2.64. The first-order chi connectivity index (χ1) is 6.72. The van der Waals surface area contributed by atoms with E-state index in [1.807, 2.05) is 0 Å². The Balaban J connectivity index is 2.51. The van der Waals surface area contributed by atoms with Crippen molar-refractivity contribution in [1.29, 1.82) is 0 Å². The molecule has 2 nitrogen and oxygen atoms in total. The second kappa shape index (κ2) is 4.06. The van der Waals surface area contributed by atoms with Gasteiger partial charge in [-0.25, -0.2) is 0 Å². The van der Waals surface area contributed by atoms with E-state index >= 15 is 0 Å². The minimum Gasteiger partial charge on any atom is -0.497 e. The Morgan fingerprint density at radius 3 is 3.00 bits per heavy atom. The van der Waals surface area contributed by atoms with Crippen LogP contribution in [-0.4, -0.2) is 7.11 Å². The molecule has 1 atom stereocenters. The fraction of sp³-hybridized carbons (Fsp3) is 0.455.